The van der Waals surface area contributed by atoms with Crippen LogP contribution in [0.15, 0.2) is 72.8 Å². The maximum atomic E-state index is 6.10. The smallest absolute Gasteiger partial charge is 0.127 e. The summed E-state index contributed by atoms with van der Waals surface area (Å²) >= 11 is 6.10. The van der Waals surface area contributed by atoms with Crippen LogP contribution in [0.2, 0.25) is 5.02 Å². The van der Waals surface area contributed by atoms with Crippen molar-refractivity contribution in [1.82, 2.24) is 0 Å². The SMILES string of the molecule is Nc1cc(Cl)cc(-c2ccccc2OCc2ccccc2)c1. The van der Waals surface area contributed by atoms with E-state index in [9.17, 15) is 0 Å². The molecule has 3 aromatic rings. The number of nitrogens with two attached hydrogens (primary N) is 1. The Morgan fingerprint density at radius 3 is 2.36 bits per heavy atom. The first-order valence-electron chi connectivity index (χ1n) is 7.04. The van der Waals surface area contributed by atoms with Gasteiger partial charge in [-0.25, -0.2) is 0 Å². The van der Waals surface area contributed by atoms with Crippen molar-refractivity contribution in [3.05, 3.63) is 83.4 Å². The molecule has 2 N–H and O–H groups in total. The molecular formula is C19H16ClNO. The van der Waals surface area contributed by atoms with Crippen LogP contribution >= 0.6 is 11.6 Å². The van der Waals surface area contributed by atoms with E-state index in [-0.39, 0.29) is 0 Å². The third kappa shape index (κ3) is 3.41. The summed E-state index contributed by atoms with van der Waals surface area (Å²) in [5.41, 5.74) is 9.59. The van der Waals surface area contributed by atoms with Crippen LogP contribution in [0.3, 0.4) is 0 Å². The Labute approximate surface area is 135 Å². The summed E-state index contributed by atoms with van der Waals surface area (Å²) in [5, 5.41) is 0.618. The highest BCUT2D eigenvalue weighted by Gasteiger charge is 2.07. The number of nitrogen functional groups attached to an aromatic ring is 1. The Kier molecular flexibility index (Phi) is 4.31. The first-order chi connectivity index (χ1) is 10.7. The van der Waals surface area contributed by atoms with Crippen molar-refractivity contribution < 1.29 is 4.74 Å². The highest BCUT2D eigenvalue weighted by atomic mass is 35.5. The molecule has 0 aromatic heterocycles. The molecule has 0 aliphatic rings. The van der Waals surface area contributed by atoms with Crippen molar-refractivity contribution in [1.29, 1.82) is 0 Å². The molecule has 0 bridgehead atoms. The largest absolute Gasteiger partial charge is 0.488 e. The van der Waals surface area contributed by atoms with E-state index < -0.39 is 0 Å². The van der Waals surface area contributed by atoms with Gasteiger partial charge in [-0.1, -0.05) is 60.1 Å². The summed E-state index contributed by atoms with van der Waals surface area (Å²) in [4.78, 5) is 0. The van der Waals surface area contributed by atoms with Crippen LogP contribution in [0.4, 0.5) is 5.69 Å². The molecule has 0 fully saturated rings. The fourth-order valence-electron chi connectivity index (χ4n) is 2.33. The molecule has 2 nitrogen and oxygen atoms in total. The van der Waals surface area contributed by atoms with Crippen LogP contribution < -0.4 is 10.5 Å². The molecule has 0 spiro atoms. The number of anilines is 1. The number of halogens is 1. The van der Waals surface area contributed by atoms with Crippen molar-refractivity contribution in [2.75, 3.05) is 5.73 Å². The van der Waals surface area contributed by atoms with E-state index >= 15 is 0 Å². The maximum absolute atomic E-state index is 6.10. The molecule has 0 aliphatic carbocycles. The first-order valence-corrected chi connectivity index (χ1v) is 7.42. The van der Waals surface area contributed by atoms with Crippen molar-refractivity contribution in [2.45, 2.75) is 6.61 Å². The van der Waals surface area contributed by atoms with Crippen LogP contribution in [-0.2, 0) is 6.61 Å². The zero-order valence-electron chi connectivity index (χ0n) is 12.0. The lowest BCUT2D eigenvalue weighted by atomic mass is 10.0. The zero-order valence-corrected chi connectivity index (χ0v) is 12.8. The van der Waals surface area contributed by atoms with Gasteiger partial charge in [-0.3, -0.25) is 0 Å². The van der Waals surface area contributed by atoms with E-state index in [2.05, 4.69) is 0 Å². The molecule has 0 saturated heterocycles. The summed E-state index contributed by atoms with van der Waals surface area (Å²) < 4.78 is 5.97. The molecule has 22 heavy (non-hydrogen) atoms. The summed E-state index contributed by atoms with van der Waals surface area (Å²) in [5.74, 6) is 0.813. The fourth-order valence-corrected chi connectivity index (χ4v) is 2.58. The average molecular weight is 310 g/mol. The Morgan fingerprint density at radius 2 is 1.59 bits per heavy atom. The van der Waals surface area contributed by atoms with Gasteiger partial charge >= 0.3 is 0 Å². The van der Waals surface area contributed by atoms with Gasteiger partial charge in [0.1, 0.15) is 12.4 Å². The maximum Gasteiger partial charge on any atom is 0.127 e. The third-order valence-electron chi connectivity index (χ3n) is 3.36. The van der Waals surface area contributed by atoms with Crippen LogP contribution in [0, 0.1) is 0 Å². The lowest BCUT2D eigenvalue weighted by Gasteiger charge is -2.12. The Bertz CT molecular complexity index is 751. The number of ether oxygens (including phenoxy) is 1. The van der Waals surface area contributed by atoms with Crippen LogP contribution in [0.1, 0.15) is 5.56 Å². The van der Waals surface area contributed by atoms with E-state index in [0.29, 0.717) is 17.3 Å². The molecule has 0 radical (unpaired) electrons. The molecule has 0 aliphatic heterocycles. The summed E-state index contributed by atoms with van der Waals surface area (Å²) in [6, 6.07) is 23.5. The highest BCUT2D eigenvalue weighted by molar-refractivity contribution is 6.31. The van der Waals surface area contributed by atoms with Gasteiger partial charge in [-0.2, -0.15) is 0 Å². The molecule has 110 valence electrons. The lowest BCUT2D eigenvalue weighted by molar-refractivity contribution is 0.307. The predicted molar refractivity (Wildman–Crippen MR) is 92.1 cm³/mol. The lowest BCUT2D eigenvalue weighted by Crippen LogP contribution is -1.97. The van der Waals surface area contributed by atoms with Gasteiger partial charge in [0.15, 0.2) is 0 Å². The van der Waals surface area contributed by atoms with Gasteiger partial charge in [-0.15, -0.1) is 0 Å². The van der Waals surface area contributed by atoms with Crippen LogP contribution in [0.5, 0.6) is 5.75 Å². The topological polar surface area (TPSA) is 35.2 Å². The Morgan fingerprint density at radius 1 is 0.864 bits per heavy atom. The molecule has 0 atom stereocenters. The molecule has 3 aromatic carbocycles. The average Bonchev–Trinajstić information content (AvgIpc) is 2.53. The molecular weight excluding hydrogens is 294 g/mol. The Hall–Kier alpha value is -2.45. The van der Waals surface area contributed by atoms with E-state index in [4.69, 9.17) is 22.1 Å². The van der Waals surface area contributed by atoms with Crippen molar-refractivity contribution in [3.63, 3.8) is 0 Å². The molecule has 0 heterocycles. The molecule has 0 unspecified atom stereocenters. The summed E-state index contributed by atoms with van der Waals surface area (Å²) in [7, 11) is 0. The second kappa shape index (κ2) is 6.54. The predicted octanol–water partition coefficient (Wildman–Crippen LogP) is 5.17. The minimum absolute atomic E-state index is 0.522. The summed E-state index contributed by atoms with van der Waals surface area (Å²) in [6.45, 7) is 0.522. The van der Waals surface area contributed by atoms with Gasteiger partial charge < -0.3 is 10.5 Å². The van der Waals surface area contributed by atoms with Gasteiger partial charge in [0.2, 0.25) is 0 Å². The van der Waals surface area contributed by atoms with Gasteiger partial charge in [0.25, 0.3) is 0 Å². The second-order valence-electron chi connectivity index (χ2n) is 5.04. The minimum atomic E-state index is 0.522. The van der Waals surface area contributed by atoms with E-state index in [0.717, 1.165) is 22.4 Å². The number of hydrogen-bond donors (Lipinski definition) is 1. The van der Waals surface area contributed by atoms with Crippen molar-refractivity contribution in [2.24, 2.45) is 0 Å². The zero-order chi connectivity index (χ0) is 15.4. The normalized spacial score (nSPS) is 10.4. The summed E-state index contributed by atoms with van der Waals surface area (Å²) in [6.07, 6.45) is 0. The fraction of sp³-hybridized carbons (Fsp3) is 0.0526. The van der Waals surface area contributed by atoms with E-state index in [1.807, 2.05) is 66.7 Å². The van der Waals surface area contributed by atoms with Crippen molar-refractivity contribution >= 4 is 17.3 Å². The minimum Gasteiger partial charge on any atom is -0.488 e. The van der Waals surface area contributed by atoms with Crippen LogP contribution in [0.25, 0.3) is 11.1 Å². The standard InChI is InChI=1S/C19H16ClNO/c20-16-10-15(11-17(21)12-16)18-8-4-5-9-19(18)22-13-14-6-2-1-3-7-14/h1-12H,13,21H2. The van der Waals surface area contributed by atoms with Gasteiger partial charge in [0, 0.05) is 16.3 Å². The quantitative estimate of drug-likeness (QED) is 0.675. The van der Waals surface area contributed by atoms with Crippen LogP contribution in [-0.4, -0.2) is 0 Å². The van der Waals surface area contributed by atoms with Gasteiger partial charge in [0.05, 0.1) is 0 Å². The van der Waals surface area contributed by atoms with Crippen molar-refractivity contribution in [3.8, 4) is 16.9 Å². The van der Waals surface area contributed by atoms with Gasteiger partial charge in [-0.05, 0) is 35.4 Å². The van der Waals surface area contributed by atoms with E-state index in [1.165, 1.54) is 0 Å². The molecule has 0 amide bonds. The second-order valence-corrected chi connectivity index (χ2v) is 5.48. The molecule has 3 rings (SSSR count). The Balaban J connectivity index is 1.89. The number of hydrogen-bond acceptors (Lipinski definition) is 2. The number of rotatable bonds is 4. The van der Waals surface area contributed by atoms with E-state index in [1.54, 1.807) is 6.07 Å². The molecule has 0 saturated carbocycles. The highest BCUT2D eigenvalue weighted by Crippen LogP contribution is 2.33. The third-order valence-corrected chi connectivity index (χ3v) is 3.57. The number of para-hydroxylation sites is 1. The monoisotopic (exact) mass is 309 g/mol. The molecule has 3 heteroatoms. The first kappa shape index (κ1) is 14.5. The number of benzene rings is 3.